The zero-order valence-electron chi connectivity index (χ0n) is 14.1. The number of hydrogen-bond acceptors (Lipinski definition) is 4. The molecule has 3 aromatic rings. The highest BCUT2D eigenvalue weighted by Crippen LogP contribution is 2.29. The van der Waals surface area contributed by atoms with E-state index < -0.39 is 23.4 Å². The Labute approximate surface area is 166 Å². The minimum Gasteiger partial charge on any atom is -0.326 e. The van der Waals surface area contributed by atoms with Gasteiger partial charge in [-0.3, -0.25) is 14.9 Å². The number of benzene rings is 2. The number of thiazole rings is 1. The fraction of sp³-hybridized carbons (Fsp3) is 0.0556. The molecule has 2 aromatic carbocycles. The molecule has 3 rings (SSSR count). The summed E-state index contributed by atoms with van der Waals surface area (Å²) in [5, 5.41) is 6.25. The van der Waals surface area contributed by atoms with Gasteiger partial charge in [0.25, 0.3) is 5.91 Å². The van der Waals surface area contributed by atoms with Crippen LogP contribution >= 0.6 is 22.9 Å². The molecule has 28 heavy (non-hydrogen) atoms. The van der Waals surface area contributed by atoms with Gasteiger partial charge >= 0.3 is 0 Å². The average molecular weight is 426 g/mol. The number of rotatable bonds is 4. The van der Waals surface area contributed by atoms with Crippen molar-refractivity contribution in [1.82, 2.24) is 4.98 Å². The Hall–Kier alpha value is -2.91. The molecule has 0 radical (unpaired) electrons. The predicted molar refractivity (Wildman–Crippen MR) is 101 cm³/mol. The normalized spacial score (nSPS) is 10.6. The molecule has 0 unspecified atom stereocenters. The van der Waals surface area contributed by atoms with E-state index in [1.165, 1.54) is 24.4 Å². The highest BCUT2D eigenvalue weighted by molar-refractivity contribution is 7.14. The molecule has 0 saturated heterocycles. The number of carbonyl (C=O) groups is 2. The lowest BCUT2D eigenvalue weighted by Gasteiger charge is -2.06. The third-order valence-electron chi connectivity index (χ3n) is 3.54. The third-order valence-corrected chi connectivity index (χ3v) is 4.62. The van der Waals surface area contributed by atoms with E-state index in [9.17, 15) is 22.8 Å². The monoisotopic (exact) mass is 425 g/mol. The summed E-state index contributed by atoms with van der Waals surface area (Å²) in [6.07, 6.45) is 0. The van der Waals surface area contributed by atoms with Crippen molar-refractivity contribution in [2.75, 3.05) is 10.6 Å². The van der Waals surface area contributed by atoms with Gasteiger partial charge in [-0.05, 0) is 30.3 Å². The van der Waals surface area contributed by atoms with Crippen LogP contribution in [-0.2, 0) is 4.79 Å². The first-order valence-corrected chi connectivity index (χ1v) is 8.99. The molecule has 10 heteroatoms. The predicted octanol–water partition coefficient (Wildman–Crippen LogP) is 5.09. The van der Waals surface area contributed by atoms with Gasteiger partial charge < -0.3 is 5.32 Å². The molecule has 1 heterocycles. The quantitative estimate of drug-likeness (QED) is 0.572. The van der Waals surface area contributed by atoms with Crippen LogP contribution in [0.2, 0.25) is 5.02 Å². The minimum absolute atomic E-state index is 0.117. The van der Waals surface area contributed by atoms with Gasteiger partial charge in [0.15, 0.2) is 16.8 Å². The Balaban J connectivity index is 1.80. The number of nitrogens with zero attached hydrogens (tertiary/aromatic N) is 1. The zero-order valence-corrected chi connectivity index (χ0v) is 15.7. The van der Waals surface area contributed by atoms with Crippen molar-refractivity contribution in [3.8, 4) is 11.3 Å². The van der Waals surface area contributed by atoms with Gasteiger partial charge in [0.05, 0.1) is 16.3 Å². The molecule has 0 spiro atoms. The van der Waals surface area contributed by atoms with Crippen molar-refractivity contribution in [3.63, 3.8) is 0 Å². The van der Waals surface area contributed by atoms with Gasteiger partial charge in [-0.2, -0.15) is 0 Å². The van der Waals surface area contributed by atoms with E-state index in [2.05, 4.69) is 15.6 Å². The van der Waals surface area contributed by atoms with Gasteiger partial charge in [-0.15, -0.1) is 11.3 Å². The molecule has 0 aliphatic heterocycles. The van der Waals surface area contributed by atoms with E-state index in [1.807, 2.05) is 0 Å². The molecule has 0 saturated carbocycles. The van der Waals surface area contributed by atoms with Gasteiger partial charge in [-0.25, -0.2) is 18.2 Å². The fourth-order valence-electron chi connectivity index (χ4n) is 2.32. The number of anilines is 2. The summed E-state index contributed by atoms with van der Waals surface area (Å²) in [7, 11) is 0. The van der Waals surface area contributed by atoms with Crippen LogP contribution in [0.15, 0.2) is 35.7 Å². The van der Waals surface area contributed by atoms with Gasteiger partial charge in [-0.1, -0.05) is 11.6 Å². The maximum atomic E-state index is 14.3. The Morgan fingerprint density at radius 3 is 2.43 bits per heavy atom. The van der Waals surface area contributed by atoms with Crippen molar-refractivity contribution in [2.45, 2.75) is 6.92 Å². The lowest BCUT2D eigenvalue weighted by molar-refractivity contribution is -0.114. The fourth-order valence-corrected chi connectivity index (χ4v) is 3.26. The second-order valence-corrected chi connectivity index (χ2v) is 6.88. The second-order valence-electron chi connectivity index (χ2n) is 5.61. The maximum Gasteiger partial charge on any atom is 0.259 e. The Morgan fingerprint density at radius 2 is 1.75 bits per heavy atom. The molecule has 2 N–H and O–H groups in total. The van der Waals surface area contributed by atoms with E-state index in [0.717, 1.165) is 17.4 Å². The Kier molecular flexibility index (Phi) is 5.66. The summed E-state index contributed by atoms with van der Waals surface area (Å²) >= 11 is 6.79. The minimum atomic E-state index is -1.21. The summed E-state index contributed by atoms with van der Waals surface area (Å²) in [6.45, 7) is 1.31. The Morgan fingerprint density at radius 1 is 1.04 bits per heavy atom. The van der Waals surface area contributed by atoms with E-state index >= 15 is 0 Å². The molecule has 0 fully saturated rings. The van der Waals surface area contributed by atoms with Crippen LogP contribution in [0.5, 0.6) is 0 Å². The lowest BCUT2D eigenvalue weighted by Crippen LogP contribution is -2.13. The number of amides is 2. The first-order chi connectivity index (χ1) is 13.2. The van der Waals surface area contributed by atoms with Crippen LogP contribution in [0.25, 0.3) is 11.3 Å². The van der Waals surface area contributed by atoms with Crippen LogP contribution in [0, 0.1) is 17.5 Å². The smallest absolute Gasteiger partial charge is 0.259 e. The van der Waals surface area contributed by atoms with Gasteiger partial charge in [0.1, 0.15) is 5.82 Å². The molecular weight excluding hydrogens is 415 g/mol. The Bertz CT molecular complexity index is 1090. The summed E-state index contributed by atoms with van der Waals surface area (Å²) < 4.78 is 40.8. The molecule has 5 nitrogen and oxygen atoms in total. The molecule has 2 amide bonds. The molecule has 0 bridgehead atoms. The van der Waals surface area contributed by atoms with Crippen LogP contribution in [0.4, 0.5) is 24.0 Å². The standard InChI is InChI=1S/C18H11ClF3N3O2S/c1-8(26)23-9-2-3-10(13(20)4-9)16-7-28-18(24-16)25-17(27)11-5-14(21)15(22)6-12(11)19/h2-7H,1H3,(H,23,26)(H,24,25,27). The SMILES string of the molecule is CC(=O)Nc1ccc(-c2csc(NC(=O)c3cc(F)c(F)cc3Cl)n2)c(F)c1. The number of halogens is 4. The van der Waals surface area contributed by atoms with Crippen molar-refractivity contribution in [1.29, 1.82) is 0 Å². The van der Waals surface area contributed by atoms with Crippen LogP contribution < -0.4 is 10.6 Å². The summed E-state index contributed by atoms with van der Waals surface area (Å²) in [5.74, 6) is -4.11. The van der Waals surface area contributed by atoms with Crippen LogP contribution in [-0.4, -0.2) is 16.8 Å². The molecule has 0 aliphatic rings. The summed E-state index contributed by atoms with van der Waals surface area (Å²) in [4.78, 5) is 27.4. The van der Waals surface area contributed by atoms with E-state index in [-0.39, 0.29) is 32.9 Å². The first kappa shape index (κ1) is 19.8. The van der Waals surface area contributed by atoms with E-state index in [0.29, 0.717) is 17.8 Å². The van der Waals surface area contributed by atoms with Crippen molar-refractivity contribution < 1.29 is 22.8 Å². The number of carbonyl (C=O) groups excluding carboxylic acids is 2. The highest BCUT2D eigenvalue weighted by atomic mass is 35.5. The number of aromatic nitrogens is 1. The molecule has 144 valence electrons. The first-order valence-electron chi connectivity index (χ1n) is 7.73. The van der Waals surface area contributed by atoms with E-state index in [1.54, 1.807) is 0 Å². The van der Waals surface area contributed by atoms with Gasteiger partial charge in [0, 0.05) is 23.6 Å². The average Bonchev–Trinajstić information content (AvgIpc) is 3.05. The number of nitrogens with one attached hydrogen (secondary N) is 2. The maximum absolute atomic E-state index is 14.3. The largest absolute Gasteiger partial charge is 0.326 e. The lowest BCUT2D eigenvalue weighted by atomic mass is 10.1. The molecular formula is C18H11ClF3N3O2S. The summed E-state index contributed by atoms with van der Waals surface area (Å²) in [5.41, 5.74) is 0.453. The van der Waals surface area contributed by atoms with Crippen molar-refractivity contribution in [2.24, 2.45) is 0 Å². The van der Waals surface area contributed by atoms with E-state index in [4.69, 9.17) is 11.6 Å². The highest BCUT2D eigenvalue weighted by Gasteiger charge is 2.17. The molecule has 0 aliphatic carbocycles. The zero-order chi connectivity index (χ0) is 20.4. The molecule has 0 atom stereocenters. The second kappa shape index (κ2) is 7.99. The number of hydrogen-bond donors (Lipinski definition) is 2. The van der Waals surface area contributed by atoms with Crippen molar-refractivity contribution in [3.05, 3.63) is 63.7 Å². The third kappa shape index (κ3) is 4.32. The topological polar surface area (TPSA) is 71.1 Å². The summed E-state index contributed by atoms with van der Waals surface area (Å²) in [6, 6.07) is 5.48. The van der Waals surface area contributed by atoms with Gasteiger partial charge in [0.2, 0.25) is 5.91 Å². The van der Waals surface area contributed by atoms with Crippen molar-refractivity contribution >= 4 is 45.6 Å². The molecule has 1 aromatic heterocycles. The van der Waals surface area contributed by atoms with Crippen LogP contribution in [0.3, 0.4) is 0 Å². The van der Waals surface area contributed by atoms with Crippen LogP contribution in [0.1, 0.15) is 17.3 Å².